The average Bonchev–Trinajstić information content (AvgIpc) is 3.10. The third-order valence-electron chi connectivity index (χ3n) is 6.31. The van der Waals surface area contributed by atoms with Crippen LogP contribution in [0, 0.1) is 26.6 Å². The zero-order chi connectivity index (χ0) is 25.3. The van der Waals surface area contributed by atoms with E-state index in [1.807, 2.05) is 39.8 Å². The van der Waals surface area contributed by atoms with Crippen molar-refractivity contribution in [3.8, 4) is 5.75 Å². The van der Waals surface area contributed by atoms with E-state index >= 15 is 0 Å². The van der Waals surface area contributed by atoms with Crippen LogP contribution in [0.3, 0.4) is 0 Å². The molecule has 4 rings (SSSR count). The summed E-state index contributed by atoms with van der Waals surface area (Å²) in [5, 5.41) is 11.3. The molecular formula is C29H28FNO4. The molecule has 1 N–H and O–H groups in total. The van der Waals surface area contributed by atoms with Gasteiger partial charge in [0.2, 0.25) is 0 Å². The van der Waals surface area contributed by atoms with Crippen LogP contribution in [0.1, 0.15) is 47.2 Å². The van der Waals surface area contributed by atoms with E-state index in [1.54, 1.807) is 24.3 Å². The summed E-state index contributed by atoms with van der Waals surface area (Å²) < 4.78 is 19.4. The molecular weight excluding hydrogens is 445 g/mol. The maximum Gasteiger partial charge on any atom is 0.300 e. The SMILES string of the molecule is CCCOc1ccc(/C(O)=C2\C(=O)C(=O)N(c3ccc(C)c(C)c3)C2c2ccc(F)cc2)cc1C. The zero-order valence-corrected chi connectivity index (χ0v) is 20.3. The molecule has 1 saturated heterocycles. The van der Waals surface area contributed by atoms with E-state index in [9.17, 15) is 19.1 Å². The molecule has 3 aromatic carbocycles. The lowest BCUT2D eigenvalue weighted by atomic mass is 9.94. The number of benzene rings is 3. The summed E-state index contributed by atoms with van der Waals surface area (Å²) in [5.74, 6) is -1.57. The Morgan fingerprint density at radius 3 is 2.29 bits per heavy atom. The molecule has 0 radical (unpaired) electrons. The summed E-state index contributed by atoms with van der Waals surface area (Å²) in [7, 11) is 0. The van der Waals surface area contributed by atoms with Gasteiger partial charge in [0, 0.05) is 11.3 Å². The number of carbonyl (C=O) groups excluding carboxylic acids is 2. The second-order valence-corrected chi connectivity index (χ2v) is 8.82. The third-order valence-corrected chi connectivity index (χ3v) is 6.31. The molecule has 6 heteroatoms. The van der Waals surface area contributed by atoms with E-state index < -0.39 is 23.5 Å². The lowest BCUT2D eigenvalue weighted by Crippen LogP contribution is -2.29. The second-order valence-electron chi connectivity index (χ2n) is 8.82. The van der Waals surface area contributed by atoms with Gasteiger partial charge < -0.3 is 9.84 Å². The zero-order valence-electron chi connectivity index (χ0n) is 20.3. The number of ether oxygens (including phenoxy) is 1. The number of ketones is 1. The Morgan fingerprint density at radius 2 is 1.66 bits per heavy atom. The van der Waals surface area contributed by atoms with Crippen LogP contribution in [-0.2, 0) is 9.59 Å². The summed E-state index contributed by atoms with van der Waals surface area (Å²) in [6.45, 7) is 8.32. The van der Waals surface area contributed by atoms with E-state index in [4.69, 9.17) is 4.74 Å². The molecule has 180 valence electrons. The lowest BCUT2D eigenvalue weighted by Gasteiger charge is -2.26. The van der Waals surface area contributed by atoms with Gasteiger partial charge in [-0.2, -0.15) is 0 Å². The molecule has 1 unspecified atom stereocenters. The Labute approximate surface area is 204 Å². The second kappa shape index (κ2) is 9.74. The van der Waals surface area contributed by atoms with Crippen LogP contribution in [0.2, 0.25) is 0 Å². The molecule has 1 atom stereocenters. The number of rotatable bonds is 6. The Bertz CT molecular complexity index is 1330. The third kappa shape index (κ3) is 4.56. The normalized spacial score (nSPS) is 17.2. The maximum absolute atomic E-state index is 13.7. The van der Waals surface area contributed by atoms with E-state index in [1.165, 1.54) is 29.2 Å². The number of aliphatic hydroxyl groups is 1. The quantitative estimate of drug-likeness (QED) is 0.264. The molecule has 1 aliphatic heterocycles. The van der Waals surface area contributed by atoms with E-state index in [0.29, 0.717) is 29.2 Å². The summed E-state index contributed by atoms with van der Waals surface area (Å²) in [5.41, 5.74) is 4.21. The van der Waals surface area contributed by atoms with Gasteiger partial charge in [-0.15, -0.1) is 0 Å². The molecule has 0 spiro atoms. The average molecular weight is 474 g/mol. The fourth-order valence-electron chi connectivity index (χ4n) is 4.26. The van der Waals surface area contributed by atoms with Gasteiger partial charge in [-0.25, -0.2) is 4.39 Å². The number of Topliss-reactive ketones (excluding diaryl/α,β-unsaturated/α-hetero) is 1. The highest BCUT2D eigenvalue weighted by atomic mass is 19.1. The molecule has 5 nitrogen and oxygen atoms in total. The Balaban J connectivity index is 1.88. The van der Waals surface area contributed by atoms with Gasteiger partial charge in [0.05, 0.1) is 18.2 Å². The van der Waals surface area contributed by atoms with Crippen molar-refractivity contribution >= 4 is 23.1 Å². The monoisotopic (exact) mass is 473 g/mol. The predicted octanol–water partition coefficient (Wildman–Crippen LogP) is 6.17. The molecule has 0 aromatic heterocycles. The highest BCUT2D eigenvalue weighted by molar-refractivity contribution is 6.51. The van der Waals surface area contributed by atoms with Crippen LogP contribution >= 0.6 is 0 Å². The lowest BCUT2D eigenvalue weighted by molar-refractivity contribution is -0.132. The highest BCUT2D eigenvalue weighted by Gasteiger charge is 2.47. The first-order chi connectivity index (χ1) is 16.7. The van der Waals surface area contributed by atoms with Crippen molar-refractivity contribution in [1.82, 2.24) is 0 Å². The van der Waals surface area contributed by atoms with Gasteiger partial charge in [-0.1, -0.05) is 25.1 Å². The molecule has 1 heterocycles. The molecule has 3 aromatic rings. The summed E-state index contributed by atoms with van der Waals surface area (Å²) in [6.07, 6.45) is 0.862. The van der Waals surface area contributed by atoms with E-state index in [2.05, 4.69) is 0 Å². The fourth-order valence-corrected chi connectivity index (χ4v) is 4.26. The highest BCUT2D eigenvalue weighted by Crippen LogP contribution is 2.42. The van der Waals surface area contributed by atoms with Gasteiger partial charge >= 0.3 is 0 Å². The number of halogens is 1. The van der Waals surface area contributed by atoms with Gasteiger partial charge in [0.25, 0.3) is 11.7 Å². The fraction of sp³-hybridized carbons (Fsp3) is 0.241. The van der Waals surface area contributed by atoms with Crippen molar-refractivity contribution in [3.63, 3.8) is 0 Å². The van der Waals surface area contributed by atoms with Crippen LogP contribution in [0.4, 0.5) is 10.1 Å². The minimum atomic E-state index is -0.908. The molecule has 1 amide bonds. The van der Waals surface area contributed by atoms with Crippen molar-refractivity contribution < 1.29 is 23.8 Å². The summed E-state index contributed by atoms with van der Waals surface area (Å²) in [4.78, 5) is 27.9. The number of anilines is 1. The van der Waals surface area contributed by atoms with Gasteiger partial charge in [-0.05, 0) is 91.9 Å². The van der Waals surface area contributed by atoms with Crippen molar-refractivity contribution in [2.75, 3.05) is 11.5 Å². The molecule has 0 bridgehead atoms. The smallest absolute Gasteiger partial charge is 0.300 e. The Hall–Kier alpha value is -3.93. The number of nitrogens with zero attached hydrogens (tertiary/aromatic N) is 1. The topological polar surface area (TPSA) is 66.8 Å². The number of hydrogen-bond donors (Lipinski definition) is 1. The molecule has 35 heavy (non-hydrogen) atoms. The number of aliphatic hydroxyl groups excluding tert-OH is 1. The molecule has 0 aliphatic carbocycles. The maximum atomic E-state index is 13.7. The minimum absolute atomic E-state index is 0.0403. The van der Waals surface area contributed by atoms with Crippen LogP contribution in [0.15, 0.2) is 66.2 Å². The number of hydrogen-bond acceptors (Lipinski definition) is 4. The van der Waals surface area contributed by atoms with Crippen molar-refractivity contribution in [1.29, 1.82) is 0 Å². The van der Waals surface area contributed by atoms with Crippen LogP contribution in [0.25, 0.3) is 5.76 Å². The first-order valence-electron chi connectivity index (χ1n) is 11.6. The number of amides is 1. The van der Waals surface area contributed by atoms with E-state index in [-0.39, 0.29) is 11.3 Å². The molecule has 1 fully saturated rings. The summed E-state index contributed by atoms with van der Waals surface area (Å²) >= 11 is 0. The first-order valence-corrected chi connectivity index (χ1v) is 11.6. The van der Waals surface area contributed by atoms with Crippen molar-refractivity contribution in [2.45, 2.75) is 40.2 Å². The largest absolute Gasteiger partial charge is 0.507 e. The van der Waals surface area contributed by atoms with Gasteiger partial charge in [0.1, 0.15) is 17.3 Å². The Kier molecular flexibility index (Phi) is 6.74. The molecule has 1 aliphatic rings. The van der Waals surface area contributed by atoms with Gasteiger partial charge in [0.15, 0.2) is 0 Å². The minimum Gasteiger partial charge on any atom is -0.507 e. The molecule has 0 saturated carbocycles. The first kappa shape index (κ1) is 24.2. The van der Waals surface area contributed by atoms with Crippen LogP contribution in [-0.4, -0.2) is 23.4 Å². The summed E-state index contributed by atoms with van der Waals surface area (Å²) in [6, 6.07) is 15.3. The predicted molar refractivity (Wildman–Crippen MR) is 134 cm³/mol. The van der Waals surface area contributed by atoms with Crippen LogP contribution < -0.4 is 9.64 Å². The van der Waals surface area contributed by atoms with Gasteiger partial charge in [-0.3, -0.25) is 14.5 Å². The number of carbonyl (C=O) groups is 2. The standard InChI is InChI=1S/C29H28FNO4/c1-5-14-35-24-13-9-21(15-19(24)4)27(32)25-26(20-7-10-22(30)11-8-20)31(29(34)28(25)33)23-12-6-17(2)18(3)16-23/h6-13,15-16,26,32H,5,14H2,1-4H3/b27-25+. The van der Waals surface area contributed by atoms with Crippen molar-refractivity contribution in [3.05, 3.63) is 99.9 Å². The number of aryl methyl sites for hydroxylation is 3. The Morgan fingerprint density at radius 1 is 0.943 bits per heavy atom. The van der Waals surface area contributed by atoms with Crippen molar-refractivity contribution in [2.24, 2.45) is 0 Å². The van der Waals surface area contributed by atoms with E-state index in [0.717, 1.165) is 23.1 Å². The van der Waals surface area contributed by atoms with Crippen LogP contribution in [0.5, 0.6) is 5.75 Å².